The average Bonchev–Trinajstić information content (AvgIpc) is 3.02. The number of nitrogens with zero attached hydrogens (tertiary/aromatic N) is 2. The molecule has 0 saturated heterocycles. The number of carbonyl (C=O) groups excluding carboxylic acids is 2. The number of furan rings is 1. The Hall–Kier alpha value is -2.02. The highest BCUT2D eigenvalue weighted by Crippen LogP contribution is 2.19. The van der Waals surface area contributed by atoms with Gasteiger partial charge in [0.1, 0.15) is 16.5 Å². The van der Waals surface area contributed by atoms with Gasteiger partial charge < -0.3 is 9.73 Å². The van der Waals surface area contributed by atoms with Crippen molar-refractivity contribution in [3.05, 3.63) is 28.2 Å². The van der Waals surface area contributed by atoms with Crippen molar-refractivity contribution >= 4 is 28.2 Å². The van der Waals surface area contributed by atoms with E-state index in [4.69, 9.17) is 4.42 Å². The summed E-state index contributed by atoms with van der Waals surface area (Å²) in [6.07, 6.45) is 1.56. The van der Waals surface area contributed by atoms with Crippen LogP contribution in [0.3, 0.4) is 0 Å². The highest BCUT2D eigenvalue weighted by atomic mass is 32.1. The van der Waals surface area contributed by atoms with Gasteiger partial charge in [-0.3, -0.25) is 9.59 Å². The fraction of sp³-hybridized carbons (Fsp3) is 0.500. The summed E-state index contributed by atoms with van der Waals surface area (Å²) in [6, 6.07) is 1.70. The molecule has 6 nitrogen and oxygen atoms in total. The second-order valence-electron chi connectivity index (χ2n) is 5.89. The molecule has 0 saturated carbocycles. The third kappa shape index (κ3) is 4.99. The van der Waals surface area contributed by atoms with Gasteiger partial charge in [0.2, 0.25) is 11.0 Å². The first-order chi connectivity index (χ1) is 10.8. The van der Waals surface area contributed by atoms with Gasteiger partial charge >= 0.3 is 0 Å². The van der Waals surface area contributed by atoms with Gasteiger partial charge in [0.25, 0.3) is 0 Å². The van der Waals surface area contributed by atoms with E-state index >= 15 is 0 Å². The molecule has 0 bridgehead atoms. The zero-order valence-corrected chi connectivity index (χ0v) is 14.6. The van der Waals surface area contributed by atoms with Crippen LogP contribution in [0.4, 0.5) is 5.13 Å². The van der Waals surface area contributed by atoms with E-state index in [2.05, 4.69) is 29.4 Å². The molecule has 0 fully saturated rings. The van der Waals surface area contributed by atoms with Crippen molar-refractivity contribution in [3.63, 3.8) is 0 Å². The summed E-state index contributed by atoms with van der Waals surface area (Å²) in [5, 5.41) is 12.2. The predicted molar refractivity (Wildman–Crippen MR) is 88.9 cm³/mol. The number of aromatic nitrogens is 2. The molecule has 0 unspecified atom stereocenters. The number of hydrogen-bond donors (Lipinski definition) is 1. The maximum absolute atomic E-state index is 12.0. The van der Waals surface area contributed by atoms with Gasteiger partial charge in [-0.25, -0.2) is 0 Å². The molecule has 23 heavy (non-hydrogen) atoms. The number of carbonyl (C=O) groups is 2. The summed E-state index contributed by atoms with van der Waals surface area (Å²) in [5.41, 5.74) is 0.572. The largest absolute Gasteiger partial charge is 0.466 e. The molecule has 0 atom stereocenters. The van der Waals surface area contributed by atoms with E-state index in [0.29, 0.717) is 34.6 Å². The smallest absolute Gasteiger partial charge is 0.226 e. The van der Waals surface area contributed by atoms with Crippen LogP contribution < -0.4 is 5.32 Å². The molecule has 0 radical (unpaired) electrons. The van der Waals surface area contributed by atoms with Crippen molar-refractivity contribution in [1.29, 1.82) is 0 Å². The van der Waals surface area contributed by atoms with Crippen LogP contribution in [0.25, 0.3) is 0 Å². The lowest BCUT2D eigenvalue weighted by Crippen LogP contribution is -2.11. The molecule has 0 spiro atoms. The fourth-order valence-corrected chi connectivity index (χ4v) is 3.14. The third-order valence-corrected chi connectivity index (χ3v) is 4.10. The molecule has 2 aromatic rings. The quantitative estimate of drug-likeness (QED) is 0.784. The van der Waals surface area contributed by atoms with Gasteiger partial charge in [-0.05, 0) is 25.8 Å². The summed E-state index contributed by atoms with van der Waals surface area (Å²) in [6.45, 7) is 7.47. The number of nitrogens with one attached hydrogen (secondary N) is 1. The van der Waals surface area contributed by atoms with Crippen LogP contribution in [-0.2, 0) is 17.6 Å². The van der Waals surface area contributed by atoms with E-state index < -0.39 is 0 Å². The zero-order valence-electron chi connectivity index (χ0n) is 13.8. The van der Waals surface area contributed by atoms with Crippen LogP contribution in [0, 0.1) is 12.8 Å². The molecule has 124 valence electrons. The van der Waals surface area contributed by atoms with Crippen LogP contribution in [-0.4, -0.2) is 21.9 Å². The summed E-state index contributed by atoms with van der Waals surface area (Å²) in [4.78, 5) is 23.3. The molecule has 7 heteroatoms. The van der Waals surface area contributed by atoms with Crippen molar-refractivity contribution in [2.24, 2.45) is 5.92 Å². The molecule has 0 aliphatic heterocycles. The van der Waals surface area contributed by atoms with Crippen molar-refractivity contribution in [2.75, 3.05) is 5.32 Å². The highest BCUT2D eigenvalue weighted by Gasteiger charge is 2.13. The minimum Gasteiger partial charge on any atom is -0.466 e. The molecule has 0 aliphatic rings. The molecule has 2 heterocycles. The lowest BCUT2D eigenvalue weighted by Gasteiger charge is -1.99. The van der Waals surface area contributed by atoms with Crippen molar-refractivity contribution < 1.29 is 14.0 Å². The van der Waals surface area contributed by atoms with Crippen LogP contribution in [0.5, 0.6) is 0 Å². The Morgan fingerprint density at radius 1 is 1.35 bits per heavy atom. The molecule has 2 rings (SSSR count). The lowest BCUT2D eigenvalue weighted by molar-refractivity contribution is -0.116. The topological polar surface area (TPSA) is 85.1 Å². The Labute approximate surface area is 139 Å². The summed E-state index contributed by atoms with van der Waals surface area (Å²) in [7, 11) is 0. The monoisotopic (exact) mass is 335 g/mol. The van der Waals surface area contributed by atoms with Crippen molar-refractivity contribution in [1.82, 2.24) is 10.2 Å². The van der Waals surface area contributed by atoms with Crippen LogP contribution in [0.15, 0.2) is 10.5 Å². The van der Waals surface area contributed by atoms with Crippen molar-refractivity contribution in [2.45, 2.75) is 47.0 Å². The maximum atomic E-state index is 12.0. The van der Waals surface area contributed by atoms with E-state index in [9.17, 15) is 9.59 Å². The number of anilines is 1. The average molecular weight is 335 g/mol. The maximum Gasteiger partial charge on any atom is 0.226 e. The summed E-state index contributed by atoms with van der Waals surface area (Å²) in [5.74, 6) is 1.56. The van der Waals surface area contributed by atoms with Gasteiger partial charge in [0.15, 0.2) is 5.78 Å². The van der Waals surface area contributed by atoms with E-state index in [1.165, 1.54) is 18.3 Å². The van der Waals surface area contributed by atoms with Crippen LogP contribution in [0.1, 0.15) is 54.1 Å². The fourth-order valence-electron chi connectivity index (χ4n) is 2.17. The van der Waals surface area contributed by atoms with Crippen LogP contribution in [0.2, 0.25) is 0 Å². The Kier molecular flexibility index (Phi) is 5.65. The van der Waals surface area contributed by atoms with Gasteiger partial charge in [-0.15, -0.1) is 10.2 Å². The predicted octanol–water partition coefficient (Wildman–Crippen LogP) is 3.41. The summed E-state index contributed by atoms with van der Waals surface area (Å²) >= 11 is 1.40. The SMILES string of the molecule is CC(=O)c1cc(CCC(=O)Nc2nnc(CC(C)C)s2)oc1C. The van der Waals surface area contributed by atoms with Gasteiger partial charge in [0, 0.05) is 19.3 Å². The molecule has 0 aromatic carbocycles. The van der Waals surface area contributed by atoms with Gasteiger partial charge in [0.05, 0.1) is 5.56 Å². The lowest BCUT2D eigenvalue weighted by atomic mass is 10.1. The normalized spacial score (nSPS) is 11.0. The molecule has 1 amide bonds. The van der Waals surface area contributed by atoms with E-state index in [1.54, 1.807) is 13.0 Å². The molecule has 1 N–H and O–H groups in total. The van der Waals surface area contributed by atoms with Gasteiger partial charge in [-0.2, -0.15) is 0 Å². The van der Waals surface area contributed by atoms with E-state index in [1.807, 2.05) is 0 Å². The van der Waals surface area contributed by atoms with E-state index in [-0.39, 0.29) is 18.1 Å². The minimum absolute atomic E-state index is 0.0338. The number of Topliss-reactive ketones (excluding diaryl/α,β-unsaturated/α-hetero) is 1. The first-order valence-electron chi connectivity index (χ1n) is 7.57. The number of hydrogen-bond acceptors (Lipinski definition) is 6. The second-order valence-corrected chi connectivity index (χ2v) is 6.95. The Morgan fingerprint density at radius 3 is 2.70 bits per heavy atom. The Bertz CT molecular complexity index is 703. The van der Waals surface area contributed by atoms with Gasteiger partial charge in [-0.1, -0.05) is 25.2 Å². The number of ketones is 1. The number of aryl methyl sites for hydroxylation is 2. The van der Waals surface area contributed by atoms with Crippen molar-refractivity contribution in [3.8, 4) is 0 Å². The standard InChI is InChI=1S/C16H21N3O3S/c1-9(2)7-15-18-19-16(23-15)17-14(21)6-5-12-8-13(10(3)20)11(4)22-12/h8-9H,5-7H2,1-4H3,(H,17,19,21). The third-order valence-electron chi connectivity index (χ3n) is 3.24. The van der Waals surface area contributed by atoms with Crippen LogP contribution >= 0.6 is 11.3 Å². The molecular weight excluding hydrogens is 314 g/mol. The number of rotatable bonds is 7. The Balaban J connectivity index is 1.86. The zero-order chi connectivity index (χ0) is 17.0. The molecular formula is C16H21N3O3S. The first-order valence-corrected chi connectivity index (χ1v) is 8.39. The highest BCUT2D eigenvalue weighted by molar-refractivity contribution is 7.15. The molecule has 2 aromatic heterocycles. The first kappa shape index (κ1) is 17.3. The second kappa shape index (κ2) is 7.50. The minimum atomic E-state index is -0.143. The summed E-state index contributed by atoms with van der Waals surface area (Å²) < 4.78 is 5.50. The van der Waals surface area contributed by atoms with E-state index in [0.717, 1.165) is 11.4 Å². The molecule has 0 aliphatic carbocycles. The number of amides is 1. The Morgan fingerprint density at radius 2 is 2.09 bits per heavy atom.